The lowest BCUT2D eigenvalue weighted by molar-refractivity contribution is 0.0951. The molecule has 0 saturated carbocycles. The Morgan fingerprint density at radius 3 is 2.59 bits per heavy atom. The van der Waals surface area contributed by atoms with E-state index >= 15 is 0 Å². The Labute approximate surface area is 155 Å². The number of H-pyrrole nitrogens is 1. The lowest BCUT2D eigenvalue weighted by atomic mass is 10.1. The molecular formula is C20H21N3O4. The summed E-state index contributed by atoms with van der Waals surface area (Å²) in [6, 6.07) is 12.5. The van der Waals surface area contributed by atoms with Gasteiger partial charge in [0.2, 0.25) is 0 Å². The molecule has 140 valence electrons. The number of benzene rings is 2. The third kappa shape index (κ3) is 4.15. The molecule has 0 aliphatic rings. The predicted octanol–water partition coefficient (Wildman–Crippen LogP) is 1.57. The summed E-state index contributed by atoms with van der Waals surface area (Å²) in [6.45, 7) is 2.82. The Hall–Kier alpha value is -3.19. The number of hydrogen-bond acceptors (Lipinski definition) is 4. The maximum atomic E-state index is 12.5. The maximum absolute atomic E-state index is 12.5. The Morgan fingerprint density at radius 2 is 1.89 bits per heavy atom. The van der Waals surface area contributed by atoms with Crippen molar-refractivity contribution in [1.82, 2.24) is 14.9 Å². The van der Waals surface area contributed by atoms with Gasteiger partial charge in [0, 0.05) is 19.2 Å². The molecule has 0 aliphatic carbocycles. The fraction of sp³-hybridized carbons (Fsp3) is 0.250. The van der Waals surface area contributed by atoms with E-state index in [9.17, 15) is 14.4 Å². The van der Waals surface area contributed by atoms with Gasteiger partial charge in [-0.25, -0.2) is 4.79 Å². The number of ether oxygens (including phenoxy) is 1. The van der Waals surface area contributed by atoms with E-state index in [4.69, 9.17) is 4.74 Å². The quantitative estimate of drug-likeness (QED) is 0.692. The van der Waals surface area contributed by atoms with E-state index in [1.165, 1.54) is 13.2 Å². The molecule has 1 amide bonds. The Bertz CT molecular complexity index is 1080. The normalized spacial score (nSPS) is 10.9. The summed E-state index contributed by atoms with van der Waals surface area (Å²) >= 11 is 0. The van der Waals surface area contributed by atoms with Gasteiger partial charge in [-0.05, 0) is 30.7 Å². The Kier molecular flexibility index (Phi) is 5.52. The van der Waals surface area contributed by atoms with Gasteiger partial charge in [0.1, 0.15) is 0 Å². The van der Waals surface area contributed by atoms with E-state index < -0.39 is 11.2 Å². The lowest BCUT2D eigenvalue weighted by Crippen LogP contribution is -2.36. The molecule has 1 heterocycles. The van der Waals surface area contributed by atoms with Gasteiger partial charge in [0.25, 0.3) is 11.5 Å². The molecule has 3 rings (SSSR count). The minimum Gasteiger partial charge on any atom is -0.383 e. The van der Waals surface area contributed by atoms with Crippen molar-refractivity contribution in [3.63, 3.8) is 0 Å². The minimum atomic E-state index is -0.526. The first-order chi connectivity index (χ1) is 13.0. The average Bonchev–Trinajstić information content (AvgIpc) is 2.66. The topological polar surface area (TPSA) is 93.2 Å². The van der Waals surface area contributed by atoms with Crippen LogP contribution >= 0.6 is 0 Å². The summed E-state index contributed by atoms with van der Waals surface area (Å²) < 4.78 is 6.01. The average molecular weight is 367 g/mol. The molecular weight excluding hydrogens is 346 g/mol. The second-order valence-electron chi connectivity index (χ2n) is 6.31. The van der Waals surface area contributed by atoms with Gasteiger partial charge in [0.15, 0.2) is 0 Å². The summed E-state index contributed by atoms with van der Waals surface area (Å²) in [7, 11) is 1.50. The number of aryl methyl sites for hydroxylation is 1. The summed E-state index contributed by atoms with van der Waals surface area (Å²) in [6.07, 6.45) is 0. The molecule has 3 aromatic rings. The van der Waals surface area contributed by atoms with Gasteiger partial charge in [0.05, 0.1) is 24.1 Å². The fourth-order valence-electron chi connectivity index (χ4n) is 2.77. The van der Waals surface area contributed by atoms with E-state index in [0.717, 1.165) is 15.7 Å². The van der Waals surface area contributed by atoms with E-state index in [2.05, 4.69) is 10.3 Å². The second kappa shape index (κ2) is 8.01. The van der Waals surface area contributed by atoms with Crippen LogP contribution in [0, 0.1) is 6.92 Å². The SMILES string of the molecule is COCCn1c(=O)[nH]c2cc(C(=O)NCc3ccc(C)cc3)ccc2c1=O. The summed E-state index contributed by atoms with van der Waals surface area (Å²) in [4.78, 5) is 39.7. The van der Waals surface area contributed by atoms with Gasteiger partial charge < -0.3 is 15.0 Å². The summed E-state index contributed by atoms with van der Waals surface area (Å²) in [5, 5.41) is 3.19. The third-order valence-electron chi connectivity index (χ3n) is 4.34. The highest BCUT2D eigenvalue weighted by Gasteiger charge is 2.11. The van der Waals surface area contributed by atoms with Crippen molar-refractivity contribution in [3.05, 3.63) is 80.0 Å². The molecule has 0 saturated heterocycles. The molecule has 0 radical (unpaired) electrons. The molecule has 0 aliphatic heterocycles. The van der Waals surface area contributed by atoms with Crippen molar-refractivity contribution in [2.75, 3.05) is 13.7 Å². The molecule has 0 fully saturated rings. The van der Waals surface area contributed by atoms with Crippen LogP contribution in [0.1, 0.15) is 21.5 Å². The van der Waals surface area contributed by atoms with E-state index in [-0.39, 0.29) is 19.1 Å². The number of fused-ring (bicyclic) bond motifs is 1. The van der Waals surface area contributed by atoms with Crippen LogP contribution in [0.4, 0.5) is 0 Å². The predicted molar refractivity (Wildman–Crippen MR) is 103 cm³/mol. The minimum absolute atomic E-state index is 0.166. The van der Waals surface area contributed by atoms with Crippen LogP contribution in [0.3, 0.4) is 0 Å². The van der Waals surface area contributed by atoms with Gasteiger partial charge in [-0.15, -0.1) is 0 Å². The zero-order chi connectivity index (χ0) is 19.4. The maximum Gasteiger partial charge on any atom is 0.328 e. The second-order valence-corrected chi connectivity index (χ2v) is 6.31. The largest absolute Gasteiger partial charge is 0.383 e. The van der Waals surface area contributed by atoms with Crippen LogP contribution in [-0.4, -0.2) is 29.2 Å². The lowest BCUT2D eigenvalue weighted by Gasteiger charge is -2.08. The van der Waals surface area contributed by atoms with Crippen LogP contribution in [0.15, 0.2) is 52.1 Å². The van der Waals surface area contributed by atoms with Crippen molar-refractivity contribution in [2.45, 2.75) is 20.0 Å². The molecule has 0 atom stereocenters. The molecule has 7 heteroatoms. The zero-order valence-corrected chi connectivity index (χ0v) is 15.2. The highest BCUT2D eigenvalue weighted by atomic mass is 16.5. The number of methoxy groups -OCH3 is 1. The first kappa shape index (κ1) is 18.6. The first-order valence-electron chi connectivity index (χ1n) is 8.59. The number of aromatic nitrogens is 2. The van der Waals surface area contributed by atoms with Gasteiger partial charge in [-0.1, -0.05) is 29.8 Å². The number of hydrogen-bond donors (Lipinski definition) is 2. The summed E-state index contributed by atoms with van der Waals surface area (Å²) in [5.74, 6) is -0.276. The van der Waals surface area contributed by atoms with Gasteiger partial charge in [-0.3, -0.25) is 14.2 Å². The van der Waals surface area contributed by atoms with Crippen LogP contribution in [0.25, 0.3) is 10.9 Å². The van der Waals surface area contributed by atoms with Crippen molar-refractivity contribution >= 4 is 16.8 Å². The highest BCUT2D eigenvalue weighted by Crippen LogP contribution is 2.10. The zero-order valence-electron chi connectivity index (χ0n) is 15.2. The number of carbonyl (C=O) groups excluding carboxylic acids is 1. The van der Waals surface area contributed by atoms with Gasteiger partial charge >= 0.3 is 5.69 Å². The smallest absolute Gasteiger partial charge is 0.328 e. The van der Waals surface area contributed by atoms with Crippen molar-refractivity contribution in [1.29, 1.82) is 0 Å². The number of rotatable bonds is 6. The fourth-order valence-corrected chi connectivity index (χ4v) is 2.77. The molecule has 2 N–H and O–H groups in total. The third-order valence-corrected chi connectivity index (χ3v) is 4.34. The van der Waals surface area contributed by atoms with Crippen molar-refractivity contribution < 1.29 is 9.53 Å². The van der Waals surface area contributed by atoms with E-state index in [1.54, 1.807) is 12.1 Å². The molecule has 2 aromatic carbocycles. The monoisotopic (exact) mass is 367 g/mol. The molecule has 7 nitrogen and oxygen atoms in total. The van der Waals surface area contributed by atoms with Crippen molar-refractivity contribution in [3.8, 4) is 0 Å². The number of aromatic amines is 1. The van der Waals surface area contributed by atoms with Crippen LogP contribution < -0.4 is 16.6 Å². The number of nitrogens with zero attached hydrogens (tertiary/aromatic N) is 1. The van der Waals surface area contributed by atoms with Crippen LogP contribution in [-0.2, 0) is 17.8 Å². The first-order valence-corrected chi connectivity index (χ1v) is 8.59. The molecule has 1 aromatic heterocycles. The molecule has 0 bridgehead atoms. The van der Waals surface area contributed by atoms with Gasteiger partial charge in [-0.2, -0.15) is 0 Å². The molecule has 27 heavy (non-hydrogen) atoms. The van der Waals surface area contributed by atoms with Crippen LogP contribution in [0.5, 0.6) is 0 Å². The highest BCUT2D eigenvalue weighted by molar-refractivity contribution is 5.97. The van der Waals surface area contributed by atoms with E-state index in [1.807, 2.05) is 31.2 Å². The number of nitrogens with one attached hydrogen (secondary N) is 2. The molecule has 0 unspecified atom stereocenters. The number of carbonyl (C=O) groups is 1. The standard InChI is InChI=1S/C20H21N3O4/c1-13-3-5-14(6-4-13)12-21-18(24)15-7-8-16-17(11-15)22-20(26)23(19(16)25)9-10-27-2/h3-8,11H,9-10,12H2,1-2H3,(H,21,24)(H,22,26). The molecule has 0 spiro atoms. The summed E-state index contributed by atoms with van der Waals surface area (Å²) in [5.41, 5.74) is 1.92. The Balaban J connectivity index is 1.83. The Morgan fingerprint density at radius 1 is 1.15 bits per heavy atom. The van der Waals surface area contributed by atoms with Crippen LogP contribution in [0.2, 0.25) is 0 Å². The van der Waals surface area contributed by atoms with Crippen molar-refractivity contribution in [2.24, 2.45) is 0 Å². The van der Waals surface area contributed by atoms with E-state index in [0.29, 0.717) is 23.0 Å². The number of amides is 1.